The van der Waals surface area contributed by atoms with Crippen molar-refractivity contribution >= 4 is 72.9 Å². The molecular weight excluding hydrogens is 521 g/mol. The van der Waals surface area contributed by atoms with Gasteiger partial charge in [0.05, 0.1) is 31.6 Å². The van der Waals surface area contributed by atoms with Gasteiger partial charge in [-0.2, -0.15) is 0 Å². The molecule has 34 heavy (non-hydrogen) atoms. The molecule has 0 unspecified atom stereocenters. The molecule has 2 heterocycles. The number of sulfonamides is 1. The molecule has 2 amide bonds. The van der Waals surface area contributed by atoms with Gasteiger partial charge in [-0.15, -0.1) is 11.3 Å². The number of carbonyl (C=O) groups is 1. The number of amides is 2. The summed E-state index contributed by atoms with van der Waals surface area (Å²) in [5.74, 6) is 0.459. The molecule has 0 atom stereocenters. The van der Waals surface area contributed by atoms with Gasteiger partial charge in [-0.05, 0) is 55.5 Å². The maximum Gasteiger partial charge on any atom is 0.333 e. The quantitative estimate of drug-likeness (QED) is 0.341. The number of thiophene rings is 1. The van der Waals surface area contributed by atoms with E-state index in [2.05, 4.69) is 15.6 Å². The lowest BCUT2D eigenvalue weighted by molar-refractivity contribution is 0.256. The van der Waals surface area contributed by atoms with Gasteiger partial charge in [0, 0.05) is 12.7 Å². The number of rotatable bonds is 5. The van der Waals surface area contributed by atoms with E-state index < -0.39 is 16.1 Å². The topological polar surface area (TPSA) is 122 Å². The smallest absolute Gasteiger partial charge is 0.333 e. The van der Waals surface area contributed by atoms with E-state index in [-0.39, 0.29) is 14.1 Å². The van der Waals surface area contributed by atoms with E-state index in [1.54, 1.807) is 38.2 Å². The van der Waals surface area contributed by atoms with Crippen LogP contribution in [0.4, 0.5) is 16.2 Å². The van der Waals surface area contributed by atoms with Crippen LogP contribution >= 0.6 is 34.5 Å². The molecule has 0 aliphatic heterocycles. The highest BCUT2D eigenvalue weighted by Gasteiger charge is 2.20. The second-order valence-corrected chi connectivity index (χ2v) is 11.1. The number of hydrogen-bond acceptors (Lipinski definition) is 7. The number of urea groups is 1. The summed E-state index contributed by atoms with van der Waals surface area (Å²) in [6.07, 6.45) is 0. The first-order chi connectivity index (χ1) is 16.1. The molecule has 13 heteroatoms. The van der Waals surface area contributed by atoms with Crippen LogP contribution in [0.2, 0.25) is 9.36 Å². The number of fused-ring (bicyclic) bond motifs is 1. The molecule has 4 rings (SSSR count). The van der Waals surface area contributed by atoms with Crippen molar-refractivity contribution in [3.05, 3.63) is 74.1 Å². The highest BCUT2D eigenvalue weighted by atomic mass is 35.5. The third-order valence-electron chi connectivity index (χ3n) is 4.82. The summed E-state index contributed by atoms with van der Waals surface area (Å²) in [6, 6.07) is 11.4. The summed E-state index contributed by atoms with van der Waals surface area (Å²) in [6.45, 7) is 1.70. The summed E-state index contributed by atoms with van der Waals surface area (Å²) in [7, 11) is -2.32. The monoisotopic (exact) mass is 537 g/mol. The number of benzene rings is 2. The molecular formula is C21H17Cl2N5O4S2. The molecule has 0 saturated carbocycles. The van der Waals surface area contributed by atoms with Crippen molar-refractivity contribution in [2.45, 2.75) is 11.1 Å². The largest absolute Gasteiger partial charge is 0.387 e. The number of carbonyl (C=O) groups excluding carboxylic acids is 1. The first kappa shape index (κ1) is 24.0. The molecule has 9 nitrogen and oxygen atoms in total. The van der Waals surface area contributed by atoms with E-state index in [1.165, 1.54) is 28.8 Å². The van der Waals surface area contributed by atoms with Crippen molar-refractivity contribution < 1.29 is 13.2 Å². The molecule has 3 N–H and O–H groups in total. The van der Waals surface area contributed by atoms with Gasteiger partial charge in [0.25, 0.3) is 15.6 Å². The molecule has 4 aromatic rings. The Balaban J connectivity index is 1.58. The van der Waals surface area contributed by atoms with E-state index >= 15 is 0 Å². The lowest BCUT2D eigenvalue weighted by Gasteiger charge is -2.13. The van der Waals surface area contributed by atoms with Gasteiger partial charge < -0.3 is 10.6 Å². The predicted octanol–water partition coefficient (Wildman–Crippen LogP) is 4.61. The van der Waals surface area contributed by atoms with Crippen molar-refractivity contribution in [1.29, 1.82) is 0 Å². The Morgan fingerprint density at radius 2 is 1.79 bits per heavy atom. The number of nitrogens with one attached hydrogen (secondary N) is 3. The molecule has 0 aliphatic rings. The lowest BCUT2D eigenvalue weighted by Crippen LogP contribution is -2.33. The van der Waals surface area contributed by atoms with Crippen molar-refractivity contribution in [3.63, 3.8) is 0 Å². The van der Waals surface area contributed by atoms with Crippen LogP contribution in [-0.4, -0.2) is 31.0 Å². The normalized spacial score (nSPS) is 11.4. The van der Waals surface area contributed by atoms with Gasteiger partial charge in [-0.3, -0.25) is 9.36 Å². The van der Waals surface area contributed by atoms with Crippen LogP contribution in [0.15, 0.2) is 57.5 Å². The Morgan fingerprint density at radius 1 is 1.09 bits per heavy atom. The highest BCUT2D eigenvalue weighted by molar-refractivity contribution is 7.92. The van der Waals surface area contributed by atoms with Gasteiger partial charge in [-0.1, -0.05) is 23.2 Å². The molecule has 176 valence electrons. The van der Waals surface area contributed by atoms with E-state index in [1.807, 2.05) is 4.72 Å². The summed E-state index contributed by atoms with van der Waals surface area (Å²) in [5, 5.41) is 6.16. The third kappa shape index (κ3) is 4.73. The van der Waals surface area contributed by atoms with Crippen LogP contribution in [0.5, 0.6) is 0 Å². The van der Waals surface area contributed by atoms with Gasteiger partial charge in [-0.25, -0.2) is 22.9 Å². The van der Waals surface area contributed by atoms with Gasteiger partial charge >= 0.3 is 6.03 Å². The molecule has 2 aromatic carbocycles. The van der Waals surface area contributed by atoms with Crippen LogP contribution in [0.1, 0.15) is 5.82 Å². The zero-order valence-corrected chi connectivity index (χ0v) is 20.9. The van der Waals surface area contributed by atoms with Gasteiger partial charge in [0.1, 0.15) is 10.0 Å². The Labute approximate surface area is 208 Å². The maximum atomic E-state index is 13.1. The Bertz CT molecular complexity index is 1580. The van der Waals surface area contributed by atoms with Crippen molar-refractivity contribution in [2.24, 2.45) is 0 Å². The summed E-state index contributed by atoms with van der Waals surface area (Å²) in [5.41, 5.74) is 1.71. The van der Waals surface area contributed by atoms with E-state index in [0.29, 0.717) is 38.8 Å². The van der Waals surface area contributed by atoms with E-state index in [0.717, 1.165) is 11.3 Å². The lowest BCUT2D eigenvalue weighted by atomic mass is 10.2. The van der Waals surface area contributed by atoms with Gasteiger partial charge in [0.15, 0.2) is 0 Å². The second-order valence-electron chi connectivity index (χ2n) is 7.06. The minimum Gasteiger partial charge on any atom is -0.387 e. The van der Waals surface area contributed by atoms with Crippen LogP contribution < -0.4 is 20.9 Å². The highest BCUT2D eigenvalue weighted by Crippen LogP contribution is 2.27. The third-order valence-corrected chi connectivity index (χ3v) is 8.18. The summed E-state index contributed by atoms with van der Waals surface area (Å²) in [4.78, 5) is 29.8. The van der Waals surface area contributed by atoms with Crippen molar-refractivity contribution in [3.8, 4) is 5.69 Å². The summed E-state index contributed by atoms with van der Waals surface area (Å²) >= 11 is 12.8. The average Bonchev–Trinajstić information content (AvgIpc) is 3.22. The fourth-order valence-electron chi connectivity index (χ4n) is 3.28. The zero-order valence-electron chi connectivity index (χ0n) is 17.7. The minimum atomic E-state index is -4.05. The molecule has 0 bridgehead atoms. The van der Waals surface area contributed by atoms with Crippen LogP contribution in [0.25, 0.3) is 16.6 Å². The number of aryl methyl sites for hydroxylation is 1. The number of anilines is 2. The zero-order chi connectivity index (χ0) is 24.6. The SMILES string of the molecule is CNc1cc2nc(C)n(-c3ccc(NC(=O)NS(=O)(=O)c4ccc(Cl)s4)cc3)c(=O)c2cc1Cl. The number of nitrogens with zero attached hydrogens (tertiary/aromatic N) is 2. The van der Waals surface area contributed by atoms with Gasteiger partial charge in [0.2, 0.25) is 0 Å². The van der Waals surface area contributed by atoms with Crippen LogP contribution in [0.3, 0.4) is 0 Å². The molecule has 0 aliphatic carbocycles. The molecule has 0 saturated heterocycles. The number of aromatic nitrogens is 2. The van der Waals surface area contributed by atoms with Crippen molar-refractivity contribution in [2.75, 3.05) is 17.7 Å². The Hall–Kier alpha value is -3.12. The van der Waals surface area contributed by atoms with E-state index in [9.17, 15) is 18.0 Å². The number of hydrogen-bond donors (Lipinski definition) is 3. The molecule has 2 aromatic heterocycles. The Kier molecular flexibility index (Phi) is 6.54. The fourth-order valence-corrected chi connectivity index (χ4v) is 5.93. The van der Waals surface area contributed by atoms with Crippen LogP contribution in [0, 0.1) is 6.92 Å². The van der Waals surface area contributed by atoms with Crippen LogP contribution in [-0.2, 0) is 10.0 Å². The van der Waals surface area contributed by atoms with Crippen molar-refractivity contribution in [1.82, 2.24) is 14.3 Å². The molecule has 0 fully saturated rings. The molecule has 0 radical (unpaired) electrons. The molecule has 0 spiro atoms. The van der Waals surface area contributed by atoms with E-state index in [4.69, 9.17) is 23.2 Å². The first-order valence-electron chi connectivity index (χ1n) is 9.69. The fraction of sp³-hybridized carbons (Fsp3) is 0.0952. The Morgan fingerprint density at radius 3 is 2.41 bits per heavy atom. The number of halogens is 2. The minimum absolute atomic E-state index is 0.0800. The standard InChI is InChI=1S/C21H17Cl2N5O4S2/c1-11-25-16-10-17(24-2)15(22)9-14(16)20(29)28(11)13-5-3-12(4-6-13)26-21(30)27-34(31,32)19-8-7-18(23)33-19/h3-10,24H,1-2H3,(H2,26,27,30). The first-order valence-corrected chi connectivity index (χ1v) is 12.7. The summed E-state index contributed by atoms with van der Waals surface area (Å²) < 4.78 is 28.1. The maximum absolute atomic E-state index is 13.1. The second kappa shape index (κ2) is 9.26. The average molecular weight is 538 g/mol. The predicted molar refractivity (Wildman–Crippen MR) is 135 cm³/mol.